The Morgan fingerprint density at radius 3 is 2.48 bits per heavy atom. The van der Waals surface area contributed by atoms with Crippen LogP contribution in [0.15, 0.2) is 47.4 Å². The van der Waals surface area contributed by atoms with Crippen LogP contribution in [-0.2, 0) is 19.6 Å². The van der Waals surface area contributed by atoms with Crippen LogP contribution >= 0.6 is 0 Å². The summed E-state index contributed by atoms with van der Waals surface area (Å²) in [7, 11) is -3.62. The molecule has 0 aliphatic carbocycles. The summed E-state index contributed by atoms with van der Waals surface area (Å²) in [5.41, 5.74) is 3.33. The van der Waals surface area contributed by atoms with Crippen LogP contribution in [0.1, 0.15) is 31.4 Å². The Labute approximate surface area is 184 Å². The molecule has 0 bridgehead atoms. The second kappa shape index (κ2) is 9.20. The normalized spacial score (nSPS) is 16.7. The Morgan fingerprint density at radius 1 is 1.13 bits per heavy atom. The average Bonchev–Trinajstić information content (AvgIpc) is 3.12. The number of amides is 2. The summed E-state index contributed by atoms with van der Waals surface area (Å²) >= 11 is 0. The van der Waals surface area contributed by atoms with Crippen molar-refractivity contribution in [2.75, 3.05) is 29.9 Å². The summed E-state index contributed by atoms with van der Waals surface area (Å²) in [5, 5.41) is 2.79. The van der Waals surface area contributed by atoms with Crippen molar-refractivity contribution in [2.45, 2.75) is 39.0 Å². The van der Waals surface area contributed by atoms with Crippen LogP contribution < -0.4 is 10.2 Å². The monoisotopic (exact) mass is 443 g/mol. The molecule has 2 aromatic carbocycles. The smallest absolute Gasteiger partial charge is 0.243 e. The quantitative estimate of drug-likeness (QED) is 0.711. The first-order chi connectivity index (χ1) is 14.7. The van der Waals surface area contributed by atoms with Gasteiger partial charge in [0.25, 0.3) is 0 Å². The third-order valence-electron chi connectivity index (χ3n) is 5.81. The molecule has 1 heterocycles. The van der Waals surface area contributed by atoms with Gasteiger partial charge in [-0.3, -0.25) is 9.59 Å². The summed E-state index contributed by atoms with van der Waals surface area (Å²) in [4.78, 5) is 27.2. The minimum absolute atomic E-state index is 0.0910. The molecule has 31 heavy (non-hydrogen) atoms. The molecule has 1 atom stereocenters. The third-order valence-corrected chi connectivity index (χ3v) is 7.85. The van der Waals surface area contributed by atoms with Gasteiger partial charge in [-0.1, -0.05) is 32.0 Å². The van der Waals surface area contributed by atoms with Gasteiger partial charge in [-0.15, -0.1) is 0 Å². The van der Waals surface area contributed by atoms with Gasteiger partial charge in [0.15, 0.2) is 0 Å². The van der Waals surface area contributed by atoms with Crippen LogP contribution in [0.25, 0.3) is 0 Å². The lowest BCUT2D eigenvalue weighted by molar-refractivity contribution is -0.122. The molecule has 0 unspecified atom stereocenters. The van der Waals surface area contributed by atoms with E-state index in [1.54, 1.807) is 30.9 Å². The molecule has 1 saturated heterocycles. The zero-order chi connectivity index (χ0) is 22.8. The van der Waals surface area contributed by atoms with Crippen LogP contribution in [0.2, 0.25) is 0 Å². The van der Waals surface area contributed by atoms with Gasteiger partial charge in [-0.25, -0.2) is 8.42 Å². The summed E-state index contributed by atoms with van der Waals surface area (Å²) in [5.74, 6) is -0.888. The van der Waals surface area contributed by atoms with Crippen LogP contribution in [0.4, 0.5) is 11.4 Å². The zero-order valence-corrected chi connectivity index (χ0v) is 19.2. The van der Waals surface area contributed by atoms with E-state index < -0.39 is 15.9 Å². The Morgan fingerprint density at radius 2 is 1.81 bits per heavy atom. The van der Waals surface area contributed by atoms with Gasteiger partial charge in [-0.05, 0) is 49.2 Å². The molecule has 2 amide bonds. The lowest BCUT2D eigenvalue weighted by Crippen LogP contribution is -2.31. The highest BCUT2D eigenvalue weighted by atomic mass is 32.2. The molecule has 1 aliphatic heterocycles. The fraction of sp³-hybridized carbons (Fsp3) is 0.391. The van der Waals surface area contributed by atoms with Crippen molar-refractivity contribution in [1.82, 2.24) is 4.31 Å². The summed E-state index contributed by atoms with van der Waals surface area (Å²) in [6.45, 7) is 8.56. The van der Waals surface area contributed by atoms with Crippen molar-refractivity contribution in [3.8, 4) is 0 Å². The van der Waals surface area contributed by atoms with E-state index in [-0.39, 0.29) is 23.1 Å². The number of benzene rings is 2. The molecule has 2 aromatic rings. The molecule has 0 spiro atoms. The Balaban J connectivity index is 1.76. The number of anilines is 2. The standard InChI is InChI=1S/C23H29N3O4S/c1-5-25(6-2)31(29,30)20-11-8-10-19(14-20)24-23(28)18-13-22(27)26(15-18)21-12-7-9-16(3)17(21)4/h7-12,14,18H,5-6,13,15H2,1-4H3,(H,24,28)/t18-/m0/s1. The highest BCUT2D eigenvalue weighted by molar-refractivity contribution is 7.89. The predicted octanol–water partition coefficient (Wildman–Crippen LogP) is 3.33. The predicted molar refractivity (Wildman–Crippen MR) is 122 cm³/mol. The highest BCUT2D eigenvalue weighted by Crippen LogP contribution is 2.30. The van der Waals surface area contributed by atoms with Crippen molar-refractivity contribution in [3.63, 3.8) is 0 Å². The van der Waals surface area contributed by atoms with Gasteiger partial charge >= 0.3 is 0 Å². The number of carbonyl (C=O) groups excluding carboxylic acids is 2. The van der Waals surface area contributed by atoms with Gasteiger partial charge in [0.05, 0.1) is 10.8 Å². The van der Waals surface area contributed by atoms with Crippen LogP contribution in [0, 0.1) is 19.8 Å². The molecule has 1 N–H and O–H groups in total. The molecule has 0 aromatic heterocycles. The second-order valence-electron chi connectivity index (χ2n) is 7.73. The molecule has 0 radical (unpaired) electrons. The topological polar surface area (TPSA) is 86.8 Å². The number of carbonyl (C=O) groups is 2. The molecule has 8 heteroatoms. The molecule has 1 aliphatic rings. The van der Waals surface area contributed by atoms with Crippen molar-refractivity contribution in [1.29, 1.82) is 0 Å². The van der Waals surface area contributed by atoms with E-state index in [9.17, 15) is 18.0 Å². The van der Waals surface area contributed by atoms with E-state index in [0.29, 0.717) is 25.3 Å². The number of sulfonamides is 1. The van der Waals surface area contributed by atoms with Crippen LogP contribution in [0.3, 0.4) is 0 Å². The Hall–Kier alpha value is -2.71. The minimum atomic E-state index is -3.62. The van der Waals surface area contributed by atoms with Gasteiger partial charge < -0.3 is 10.2 Å². The number of hydrogen-bond donors (Lipinski definition) is 1. The number of aryl methyl sites for hydroxylation is 1. The average molecular weight is 444 g/mol. The maximum atomic E-state index is 12.8. The largest absolute Gasteiger partial charge is 0.326 e. The fourth-order valence-corrected chi connectivity index (χ4v) is 5.34. The highest BCUT2D eigenvalue weighted by Gasteiger charge is 2.36. The maximum absolute atomic E-state index is 12.8. The molecule has 0 saturated carbocycles. The molecular weight excluding hydrogens is 414 g/mol. The first-order valence-electron chi connectivity index (χ1n) is 10.5. The van der Waals surface area contributed by atoms with Gasteiger partial charge in [0.2, 0.25) is 21.8 Å². The first-order valence-corrected chi connectivity index (χ1v) is 11.9. The van der Waals surface area contributed by atoms with Crippen molar-refractivity contribution in [2.24, 2.45) is 5.92 Å². The summed E-state index contributed by atoms with van der Waals surface area (Å²) < 4.78 is 26.9. The van der Waals surface area contributed by atoms with E-state index >= 15 is 0 Å². The summed E-state index contributed by atoms with van der Waals surface area (Å²) in [6.07, 6.45) is 0.122. The van der Waals surface area contributed by atoms with Gasteiger partial charge in [0, 0.05) is 37.4 Å². The van der Waals surface area contributed by atoms with E-state index in [2.05, 4.69) is 5.32 Å². The number of rotatable bonds is 7. The lowest BCUT2D eigenvalue weighted by Gasteiger charge is -2.20. The minimum Gasteiger partial charge on any atom is -0.326 e. The first kappa shape index (κ1) is 23.0. The van der Waals surface area contributed by atoms with Crippen LogP contribution in [0.5, 0.6) is 0 Å². The molecular formula is C23H29N3O4S. The lowest BCUT2D eigenvalue weighted by atomic mass is 10.1. The van der Waals surface area contributed by atoms with Crippen molar-refractivity contribution in [3.05, 3.63) is 53.6 Å². The maximum Gasteiger partial charge on any atom is 0.243 e. The number of nitrogens with zero attached hydrogens (tertiary/aromatic N) is 2. The number of hydrogen-bond acceptors (Lipinski definition) is 4. The van der Waals surface area contributed by atoms with E-state index in [1.807, 2.05) is 32.0 Å². The molecule has 3 rings (SSSR count). The Kier molecular flexibility index (Phi) is 6.81. The van der Waals surface area contributed by atoms with Gasteiger partial charge in [0.1, 0.15) is 0 Å². The number of nitrogens with one attached hydrogen (secondary N) is 1. The Bertz CT molecular complexity index is 1090. The van der Waals surface area contributed by atoms with E-state index in [0.717, 1.165) is 16.8 Å². The fourth-order valence-electron chi connectivity index (χ4n) is 3.84. The van der Waals surface area contributed by atoms with E-state index in [1.165, 1.54) is 16.4 Å². The molecule has 166 valence electrons. The van der Waals surface area contributed by atoms with Crippen molar-refractivity contribution >= 4 is 33.2 Å². The molecule has 7 nitrogen and oxygen atoms in total. The van der Waals surface area contributed by atoms with Crippen LogP contribution in [-0.4, -0.2) is 44.2 Å². The SMILES string of the molecule is CCN(CC)S(=O)(=O)c1cccc(NC(=O)[C@H]2CC(=O)N(c3cccc(C)c3C)C2)c1. The summed E-state index contributed by atoms with van der Waals surface area (Å²) in [6, 6.07) is 12.0. The second-order valence-corrected chi connectivity index (χ2v) is 9.67. The molecule has 1 fully saturated rings. The van der Waals surface area contributed by atoms with E-state index in [4.69, 9.17) is 0 Å². The van der Waals surface area contributed by atoms with Gasteiger partial charge in [-0.2, -0.15) is 4.31 Å². The third kappa shape index (κ3) is 4.65. The zero-order valence-electron chi connectivity index (χ0n) is 18.4. The van der Waals surface area contributed by atoms with Crippen molar-refractivity contribution < 1.29 is 18.0 Å².